The molecule has 0 aliphatic carbocycles. The molecule has 0 unspecified atom stereocenters. The SMILES string of the molecule is CNC(=O)c1cccc(NC(=O)Cc2ccc3c(c2)CC(C)(C)O3)c1. The van der Waals surface area contributed by atoms with Crippen LogP contribution in [0.2, 0.25) is 0 Å². The molecule has 2 N–H and O–H groups in total. The molecular formula is C20H22N2O3. The maximum absolute atomic E-state index is 12.3. The van der Waals surface area contributed by atoms with Gasteiger partial charge in [0.1, 0.15) is 11.4 Å². The minimum absolute atomic E-state index is 0.118. The van der Waals surface area contributed by atoms with Gasteiger partial charge >= 0.3 is 0 Å². The van der Waals surface area contributed by atoms with Crippen molar-refractivity contribution < 1.29 is 14.3 Å². The number of carbonyl (C=O) groups excluding carboxylic acids is 2. The lowest BCUT2D eigenvalue weighted by atomic mass is 9.99. The first-order chi connectivity index (χ1) is 11.9. The lowest BCUT2D eigenvalue weighted by Gasteiger charge is -2.16. The van der Waals surface area contributed by atoms with Gasteiger partial charge in [-0.05, 0) is 49.2 Å². The largest absolute Gasteiger partial charge is 0.487 e. The molecule has 5 heteroatoms. The average molecular weight is 338 g/mol. The highest BCUT2D eigenvalue weighted by atomic mass is 16.5. The van der Waals surface area contributed by atoms with E-state index in [2.05, 4.69) is 24.5 Å². The van der Waals surface area contributed by atoms with Crippen LogP contribution in [0.25, 0.3) is 0 Å². The summed E-state index contributed by atoms with van der Waals surface area (Å²) in [7, 11) is 1.58. The fourth-order valence-corrected chi connectivity index (χ4v) is 3.05. The lowest BCUT2D eigenvalue weighted by Crippen LogP contribution is -2.24. The van der Waals surface area contributed by atoms with E-state index in [0.29, 0.717) is 11.3 Å². The second-order valence-electron chi connectivity index (χ2n) is 6.87. The summed E-state index contributed by atoms with van der Waals surface area (Å²) in [6, 6.07) is 12.8. The zero-order chi connectivity index (χ0) is 18.0. The molecule has 0 spiro atoms. The van der Waals surface area contributed by atoms with Crippen LogP contribution in [0.1, 0.15) is 35.3 Å². The Morgan fingerprint density at radius 3 is 2.72 bits per heavy atom. The molecule has 0 fully saturated rings. The predicted molar refractivity (Wildman–Crippen MR) is 97.0 cm³/mol. The predicted octanol–water partition coefficient (Wildman–Crippen LogP) is 2.94. The maximum atomic E-state index is 12.3. The fourth-order valence-electron chi connectivity index (χ4n) is 3.05. The number of anilines is 1. The Morgan fingerprint density at radius 2 is 1.96 bits per heavy atom. The Morgan fingerprint density at radius 1 is 1.16 bits per heavy atom. The Balaban J connectivity index is 1.67. The third-order valence-electron chi connectivity index (χ3n) is 4.13. The van der Waals surface area contributed by atoms with Crippen molar-refractivity contribution in [2.24, 2.45) is 0 Å². The van der Waals surface area contributed by atoms with Crippen LogP contribution < -0.4 is 15.4 Å². The van der Waals surface area contributed by atoms with Gasteiger partial charge in [-0.2, -0.15) is 0 Å². The van der Waals surface area contributed by atoms with Crippen molar-refractivity contribution in [1.29, 1.82) is 0 Å². The van der Waals surface area contributed by atoms with E-state index in [0.717, 1.165) is 23.3 Å². The van der Waals surface area contributed by atoms with Crippen LogP contribution in [0.3, 0.4) is 0 Å². The molecule has 5 nitrogen and oxygen atoms in total. The van der Waals surface area contributed by atoms with Crippen molar-refractivity contribution in [3.63, 3.8) is 0 Å². The minimum Gasteiger partial charge on any atom is -0.487 e. The normalized spacial score (nSPS) is 14.4. The molecule has 1 aliphatic heterocycles. The van der Waals surface area contributed by atoms with Gasteiger partial charge in [-0.25, -0.2) is 0 Å². The second kappa shape index (κ2) is 6.59. The number of hydrogen-bond acceptors (Lipinski definition) is 3. The van der Waals surface area contributed by atoms with Gasteiger partial charge < -0.3 is 15.4 Å². The molecule has 2 amide bonds. The van der Waals surface area contributed by atoms with Crippen LogP contribution in [0.4, 0.5) is 5.69 Å². The van der Waals surface area contributed by atoms with Crippen molar-refractivity contribution in [2.45, 2.75) is 32.3 Å². The zero-order valence-electron chi connectivity index (χ0n) is 14.7. The highest BCUT2D eigenvalue weighted by Crippen LogP contribution is 2.35. The van der Waals surface area contributed by atoms with E-state index < -0.39 is 0 Å². The molecule has 1 aliphatic rings. The van der Waals surface area contributed by atoms with E-state index in [9.17, 15) is 9.59 Å². The van der Waals surface area contributed by atoms with E-state index in [1.807, 2.05) is 18.2 Å². The molecule has 130 valence electrons. The molecule has 0 atom stereocenters. The van der Waals surface area contributed by atoms with Crippen molar-refractivity contribution in [3.05, 3.63) is 59.2 Å². The fraction of sp³-hybridized carbons (Fsp3) is 0.300. The van der Waals surface area contributed by atoms with Crippen LogP contribution in [-0.2, 0) is 17.6 Å². The molecule has 2 aromatic rings. The van der Waals surface area contributed by atoms with Gasteiger partial charge in [0.15, 0.2) is 0 Å². The number of amides is 2. The summed E-state index contributed by atoms with van der Waals surface area (Å²) in [6.07, 6.45) is 1.11. The minimum atomic E-state index is -0.191. The zero-order valence-corrected chi connectivity index (χ0v) is 14.7. The number of carbonyl (C=O) groups is 2. The third-order valence-corrected chi connectivity index (χ3v) is 4.13. The Kier molecular flexibility index (Phi) is 4.49. The van der Waals surface area contributed by atoms with E-state index >= 15 is 0 Å². The Labute approximate surface area is 147 Å². The van der Waals surface area contributed by atoms with Gasteiger partial charge in [-0.15, -0.1) is 0 Å². The highest BCUT2D eigenvalue weighted by Gasteiger charge is 2.29. The molecule has 2 aromatic carbocycles. The van der Waals surface area contributed by atoms with Gasteiger partial charge in [-0.1, -0.05) is 18.2 Å². The summed E-state index contributed by atoms with van der Waals surface area (Å²) in [4.78, 5) is 24.0. The molecule has 0 saturated heterocycles. The van der Waals surface area contributed by atoms with Crippen molar-refractivity contribution in [1.82, 2.24) is 5.32 Å². The number of benzene rings is 2. The smallest absolute Gasteiger partial charge is 0.251 e. The van der Waals surface area contributed by atoms with Crippen molar-refractivity contribution >= 4 is 17.5 Å². The van der Waals surface area contributed by atoms with Crippen LogP contribution >= 0.6 is 0 Å². The summed E-state index contributed by atoms with van der Waals surface area (Å²) in [5, 5.41) is 5.41. The average Bonchev–Trinajstić information content (AvgIpc) is 2.87. The first-order valence-corrected chi connectivity index (χ1v) is 8.29. The van der Waals surface area contributed by atoms with Crippen LogP contribution in [0.5, 0.6) is 5.75 Å². The van der Waals surface area contributed by atoms with E-state index in [4.69, 9.17) is 4.74 Å². The molecule has 0 aromatic heterocycles. The second-order valence-corrected chi connectivity index (χ2v) is 6.87. The van der Waals surface area contributed by atoms with Crippen molar-refractivity contribution in [2.75, 3.05) is 12.4 Å². The molecular weight excluding hydrogens is 316 g/mol. The van der Waals surface area contributed by atoms with Crippen molar-refractivity contribution in [3.8, 4) is 5.75 Å². The molecule has 0 saturated carbocycles. The third kappa shape index (κ3) is 3.99. The monoisotopic (exact) mass is 338 g/mol. The summed E-state index contributed by atoms with van der Waals surface area (Å²) in [5.41, 5.74) is 3.01. The summed E-state index contributed by atoms with van der Waals surface area (Å²) in [5.74, 6) is 0.594. The number of ether oxygens (including phenoxy) is 1. The van der Waals surface area contributed by atoms with E-state index in [1.165, 1.54) is 0 Å². The van der Waals surface area contributed by atoms with E-state index in [1.54, 1.807) is 31.3 Å². The first kappa shape index (κ1) is 17.0. The van der Waals surface area contributed by atoms with Gasteiger partial charge in [0.05, 0.1) is 6.42 Å². The maximum Gasteiger partial charge on any atom is 0.251 e. The van der Waals surface area contributed by atoms with Gasteiger partial charge in [-0.3, -0.25) is 9.59 Å². The van der Waals surface area contributed by atoms with Gasteiger partial charge in [0, 0.05) is 24.7 Å². The van der Waals surface area contributed by atoms with Gasteiger partial charge in [0.25, 0.3) is 5.91 Å². The molecule has 0 radical (unpaired) electrons. The molecule has 0 bridgehead atoms. The number of nitrogens with one attached hydrogen (secondary N) is 2. The summed E-state index contributed by atoms with van der Waals surface area (Å²) in [6.45, 7) is 4.11. The Hall–Kier alpha value is -2.82. The van der Waals surface area contributed by atoms with Crippen LogP contribution in [0, 0.1) is 0 Å². The Bertz CT molecular complexity index is 827. The molecule has 3 rings (SSSR count). The quantitative estimate of drug-likeness (QED) is 0.901. The number of rotatable bonds is 4. The first-order valence-electron chi connectivity index (χ1n) is 8.29. The standard InChI is InChI=1S/C20H22N2O3/c1-20(2)12-15-9-13(7-8-17(15)25-20)10-18(23)22-16-6-4-5-14(11-16)19(24)21-3/h4-9,11H,10,12H2,1-3H3,(H,21,24)(H,22,23). The summed E-state index contributed by atoms with van der Waals surface area (Å²) < 4.78 is 5.86. The lowest BCUT2D eigenvalue weighted by molar-refractivity contribution is -0.115. The van der Waals surface area contributed by atoms with E-state index in [-0.39, 0.29) is 23.8 Å². The van der Waals surface area contributed by atoms with Crippen LogP contribution in [0.15, 0.2) is 42.5 Å². The van der Waals surface area contributed by atoms with Crippen LogP contribution in [-0.4, -0.2) is 24.5 Å². The number of hydrogen-bond donors (Lipinski definition) is 2. The number of fused-ring (bicyclic) bond motifs is 1. The molecule has 25 heavy (non-hydrogen) atoms. The van der Waals surface area contributed by atoms with Gasteiger partial charge in [0.2, 0.25) is 5.91 Å². The molecule has 1 heterocycles. The highest BCUT2D eigenvalue weighted by molar-refractivity contribution is 5.97. The topological polar surface area (TPSA) is 67.4 Å². The summed E-state index contributed by atoms with van der Waals surface area (Å²) >= 11 is 0.